The molecular weight excluding hydrogens is 334 g/mol. The fourth-order valence-corrected chi connectivity index (χ4v) is 1.96. The van der Waals surface area contributed by atoms with E-state index in [0.717, 1.165) is 0 Å². The lowest BCUT2D eigenvalue weighted by atomic mass is 10.1. The first kappa shape index (κ1) is 18.1. The zero-order chi connectivity index (χ0) is 18.2. The molecule has 25 heavy (non-hydrogen) atoms. The van der Waals surface area contributed by atoms with Crippen LogP contribution in [0, 0.1) is 0 Å². The Balaban J connectivity index is 2.13. The number of benzene rings is 2. The van der Waals surface area contributed by atoms with Gasteiger partial charge in [-0.1, -0.05) is 30.3 Å². The topological polar surface area (TPSA) is 75.7 Å². The number of rotatable bonds is 8. The molecule has 2 aromatic carbocycles. The van der Waals surface area contributed by atoms with E-state index >= 15 is 0 Å². The van der Waals surface area contributed by atoms with Crippen molar-refractivity contribution in [1.82, 2.24) is 0 Å². The number of carbonyl (C=O) groups excluding carboxylic acids is 2. The van der Waals surface area contributed by atoms with Crippen LogP contribution in [0.25, 0.3) is 6.08 Å². The number of carboxylic acid groups (broad SMARTS) is 1. The van der Waals surface area contributed by atoms with Crippen LogP contribution in [0.15, 0.2) is 54.6 Å². The van der Waals surface area contributed by atoms with Gasteiger partial charge in [0.15, 0.2) is 5.78 Å². The number of ketones is 1. The second-order valence-corrected chi connectivity index (χ2v) is 4.80. The second-order valence-electron chi connectivity index (χ2n) is 4.80. The maximum atomic E-state index is 12.4. The molecule has 2 aromatic rings. The van der Waals surface area contributed by atoms with Crippen molar-refractivity contribution >= 4 is 17.8 Å². The fourth-order valence-electron chi connectivity index (χ4n) is 1.96. The van der Waals surface area contributed by atoms with Crippen LogP contribution in [0.1, 0.15) is 15.9 Å². The molecule has 0 spiro atoms. The summed E-state index contributed by atoms with van der Waals surface area (Å²) in [7, 11) is 0. The molecule has 0 fully saturated rings. The summed E-state index contributed by atoms with van der Waals surface area (Å²) >= 11 is 0. The Morgan fingerprint density at radius 1 is 1.12 bits per heavy atom. The number of carbonyl (C=O) groups is 2. The minimum absolute atomic E-state index is 0.0485. The van der Waals surface area contributed by atoms with Gasteiger partial charge in [0.05, 0.1) is 5.97 Å². The van der Waals surface area contributed by atoms with Crippen molar-refractivity contribution in [2.45, 2.75) is 6.61 Å². The molecule has 0 heterocycles. The number of carboxylic acids is 1. The van der Waals surface area contributed by atoms with E-state index < -0.39 is 25.0 Å². The van der Waals surface area contributed by atoms with Crippen molar-refractivity contribution in [3.63, 3.8) is 0 Å². The highest BCUT2D eigenvalue weighted by atomic mass is 19.3. The number of aliphatic carboxylic acids is 1. The Morgan fingerprint density at radius 2 is 1.88 bits per heavy atom. The summed E-state index contributed by atoms with van der Waals surface area (Å²) in [5.74, 6) is -1.64. The second kappa shape index (κ2) is 8.58. The molecule has 0 amide bonds. The van der Waals surface area contributed by atoms with E-state index in [-0.39, 0.29) is 17.1 Å². The molecule has 2 rings (SSSR count). The van der Waals surface area contributed by atoms with Gasteiger partial charge < -0.3 is 19.4 Å². The summed E-state index contributed by atoms with van der Waals surface area (Å²) in [5.41, 5.74) is 0.569. The van der Waals surface area contributed by atoms with E-state index in [4.69, 9.17) is 4.74 Å². The summed E-state index contributed by atoms with van der Waals surface area (Å²) in [4.78, 5) is 22.6. The molecule has 0 aliphatic heterocycles. The molecule has 0 bridgehead atoms. The van der Waals surface area contributed by atoms with Crippen molar-refractivity contribution in [1.29, 1.82) is 0 Å². The fraction of sp³-hybridized carbons (Fsp3) is 0.111. The lowest BCUT2D eigenvalue weighted by Gasteiger charge is -2.08. The minimum atomic E-state index is -2.97. The third-order valence-corrected chi connectivity index (χ3v) is 3.02. The summed E-state index contributed by atoms with van der Waals surface area (Å²) in [6.07, 6.45) is 2.56. The van der Waals surface area contributed by atoms with Crippen molar-refractivity contribution in [3.05, 3.63) is 65.7 Å². The van der Waals surface area contributed by atoms with Crippen LogP contribution in [0.5, 0.6) is 11.5 Å². The number of para-hydroxylation sites is 1. The van der Waals surface area contributed by atoms with Crippen LogP contribution in [-0.4, -0.2) is 25.0 Å². The molecule has 0 saturated carbocycles. The van der Waals surface area contributed by atoms with Crippen molar-refractivity contribution in [2.75, 3.05) is 6.61 Å². The lowest BCUT2D eigenvalue weighted by molar-refractivity contribution is -0.307. The molecule has 5 nitrogen and oxygen atoms in total. The standard InChI is InChI=1S/C18H14F2O5/c19-18(20)25-16-7-2-1-4-12(16)8-9-15(21)13-5-3-6-14(10-13)24-11-17(22)23/h1-10,18H,11H2,(H,22,23)/p-1/b9-8+. The number of halogens is 2. The molecule has 0 aromatic heterocycles. The van der Waals surface area contributed by atoms with Crippen molar-refractivity contribution in [3.8, 4) is 11.5 Å². The molecule has 0 aliphatic carbocycles. The number of ether oxygens (including phenoxy) is 2. The first-order valence-electron chi connectivity index (χ1n) is 7.14. The Morgan fingerprint density at radius 3 is 2.60 bits per heavy atom. The van der Waals surface area contributed by atoms with Gasteiger partial charge in [-0.25, -0.2) is 0 Å². The van der Waals surface area contributed by atoms with Crippen molar-refractivity contribution < 1.29 is 33.0 Å². The number of allylic oxidation sites excluding steroid dienone is 1. The highest BCUT2D eigenvalue weighted by Crippen LogP contribution is 2.22. The van der Waals surface area contributed by atoms with E-state index in [1.165, 1.54) is 54.6 Å². The minimum Gasteiger partial charge on any atom is -0.546 e. The third kappa shape index (κ3) is 5.72. The molecular formula is C18H13F2O5-. The quantitative estimate of drug-likeness (QED) is 0.541. The maximum absolute atomic E-state index is 12.4. The predicted molar refractivity (Wildman–Crippen MR) is 83.4 cm³/mol. The SMILES string of the molecule is O=C([O-])COc1cccc(C(=O)/C=C/c2ccccc2OC(F)F)c1. The Hall–Kier alpha value is -3.22. The van der Waals surface area contributed by atoms with Crippen LogP contribution >= 0.6 is 0 Å². The maximum Gasteiger partial charge on any atom is 0.387 e. The Bertz CT molecular complexity index is 787. The molecule has 0 unspecified atom stereocenters. The summed E-state index contributed by atoms with van der Waals surface area (Å²) in [6, 6.07) is 12.0. The molecule has 0 atom stereocenters. The largest absolute Gasteiger partial charge is 0.546 e. The van der Waals surface area contributed by atoms with Gasteiger partial charge >= 0.3 is 6.61 Å². The van der Waals surface area contributed by atoms with Gasteiger partial charge in [-0.05, 0) is 30.4 Å². The van der Waals surface area contributed by atoms with Gasteiger partial charge in [0.1, 0.15) is 18.1 Å². The lowest BCUT2D eigenvalue weighted by Crippen LogP contribution is -2.28. The van der Waals surface area contributed by atoms with E-state index in [0.29, 0.717) is 5.56 Å². The van der Waals surface area contributed by atoms with Crippen LogP contribution in [0.2, 0.25) is 0 Å². The molecule has 7 heteroatoms. The average Bonchev–Trinajstić information content (AvgIpc) is 2.58. The van der Waals surface area contributed by atoms with E-state index in [1.54, 1.807) is 6.07 Å². The smallest absolute Gasteiger partial charge is 0.387 e. The Labute approximate surface area is 142 Å². The van der Waals surface area contributed by atoms with Crippen LogP contribution in [0.3, 0.4) is 0 Å². The van der Waals surface area contributed by atoms with Crippen LogP contribution in [-0.2, 0) is 4.79 Å². The average molecular weight is 347 g/mol. The van der Waals surface area contributed by atoms with E-state index in [2.05, 4.69) is 4.74 Å². The van der Waals surface area contributed by atoms with Crippen molar-refractivity contribution in [2.24, 2.45) is 0 Å². The number of hydrogen-bond acceptors (Lipinski definition) is 5. The highest BCUT2D eigenvalue weighted by molar-refractivity contribution is 6.07. The summed E-state index contributed by atoms with van der Waals surface area (Å²) in [5, 5.41) is 10.4. The first-order valence-corrected chi connectivity index (χ1v) is 7.14. The Kier molecular flexibility index (Phi) is 6.22. The van der Waals surface area contributed by atoms with Crippen LogP contribution < -0.4 is 14.6 Å². The van der Waals surface area contributed by atoms with Crippen LogP contribution in [0.4, 0.5) is 8.78 Å². The third-order valence-electron chi connectivity index (χ3n) is 3.02. The van der Waals surface area contributed by atoms with E-state index in [1.807, 2.05) is 0 Å². The van der Waals surface area contributed by atoms with Gasteiger partial charge in [0, 0.05) is 11.1 Å². The monoisotopic (exact) mass is 347 g/mol. The van der Waals surface area contributed by atoms with Gasteiger partial charge in [0.25, 0.3) is 0 Å². The van der Waals surface area contributed by atoms with Gasteiger partial charge in [-0.3, -0.25) is 4.79 Å². The zero-order valence-corrected chi connectivity index (χ0v) is 12.9. The zero-order valence-electron chi connectivity index (χ0n) is 12.9. The normalized spacial score (nSPS) is 10.8. The van der Waals surface area contributed by atoms with Gasteiger partial charge in [-0.15, -0.1) is 0 Å². The number of alkyl halides is 2. The molecule has 0 aliphatic rings. The molecule has 0 radical (unpaired) electrons. The highest BCUT2D eigenvalue weighted by Gasteiger charge is 2.08. The van der Waals surface area contributed by atoms with E-state index in [9.17, 15) is 23.5 Å². The first-order chi connectivity index (χ1) is 12.0. The summed E-state index contributed by atoms with van der Waals surface area (Å²) < 4.78 is 34.1. The van der Waals surface area contributed by atoms with Gasteiger partial charge in [0.2, 0.25) is 0 Å². The summed E-state index contributed by atoms with van der Waals surface area (Å²) in [6.45, 7) is -3.60. The number of hydrogen-bond donors (Lipinski definition) is 0. The van der Waals surface area contributed by atoms with Gasteiger partial charge in [-0.2, -0.15) is 8.78 Å². The molecule has 0 N–H and O–H groups in total. The molecule has 130 valence electrons. The molecule has 0 saturated heterocycles. The predicted octanol–water partition coefficient (Wildman–Crippen LogP) is 2.31.